The molecule has 0 aliphatic heterocycles. The van der Waals surface area contributed by atoms with E-state index in [4.69, 9.17) is 4.74 Å². The zero-order valence-corrected chi connectivity index (χ0v) is 11.8. The van der Waals surface area contributed by atoms with E-state index in [-0.39, 0.29) is 23.1 Å². The van der Waals surface area contributed by atoms with Gasteiger partial charge >= 0.3 is 5.97 Å². The van der Waals surface area contributed by atoms with Crippen LogP contribution in [0, 0.1) is 10.1 Å². The average Bonchev–Trinajstić information content (AvgIpc) is 3.22. The van der Waals surface area contributed by atoms with Gasteiger partial charge in [0, 0.05) is 12.1 Å². The molecule has 0 aromatic heterocycles. The lowest BCUT2D eigenvalue weighted by Crippen LogP contribution is -2.22. The standard InChI is InChI=1S/C14H16N2O5/c1-8(17)9(2)21-14(18)10-3-6-12(15-11-4-5-11)13(7-10)16(19)20/h3,6-7,9,11,15H,4-5H2,1-2H3/t9-/m1/s1. The van der Waals surface area contributed by atoms with Gasteiger partial charge in [-0.2, -0.15) is 0 Å². The fourth-order valence-electron chi connectivity index (χ4n) is 1.69. The Morgan fingerprint density at radius 2 is 2.10 bits per heavy atom. The maximum absolute atomic E-state index is 11.9. The molecule has 1 aliphatic rings. The lowest BCUT2D eigenvalue weighted by atomic mass is 10.1. The molecule has 7 heteroatoms. The van der Waals surface area contributed by atoms with E-state index in [1.807, 2.05) is 0 Å². The quantitative estimate of drug-likeness (QED) is 0.490. The van der Waals surface area contributed by atoms with Crippen LogP contribution in [0.4, 0.5) is 11.4 Å². The minimum Gasteiger partial charge on any atom is -0.451 e. The molecule has 0 spiro atoms. The third-order valence-corrected chi connectivity index (χ3v) is 3.22. The van der Waals surface area contributed by atoms with Crippen molar-refractivity contribution in [2.75, 3.05) is 5.32 Å². The van der Waals surface area contributed by atoms with Gasteiger partial charge in [0.05, 0.1) is 10.5 Å². The van der Waals surface area contributed by atoms with Gasteiger partial charge in [-0.05, 0) is 38.8 Å². The number of Topliss-reactive ketones (excluding diaryl/α,β-unsaturated/α-hetero) is 1. The van der Waals surface area contributed by atoms with Crippen LogP contribution < -0.4 is 5.32 Å². The first kappa shape index (κ1) is 15.0. The first-order valence-corrected chi connectivity index (χ1v) is 6.65. The van der Waals surface area contributed by atoms with Crippen LogP contribution in [-0.4, -0.2) is 28.8 Å². The number of esters is 1. The van der Waals surface area contributed by atoms with Gasteiger partial charge in [0.1, 0.15) is 5.69 Å². The summed E-state index contributed by atoms with van der Waals surface area (Å²) in [5.41, 5.74) is 0.265. The van der Waals surface area contributed by atoms with E-state index < -0.39 is 17.0 Å². The van der Waals surface area contributed by atoms with Crippen molar-refractivity contribution in [3.63, 3.8) is 0 Å². The molecule has 1 fully saturated rings. The second kappa shape index (κ2) is 5.90. The normalized spacial score (nSPS) is 15.1. The highest BCUT2D eigenvalue weighted by atomic mass is 16.6. The van der Waals surface area contributed by atoms with Crippen LogP contribution in [-0.2, 0) is 9.53 Å². The van der Waals surface area contributed by atoms with Crippen LogP contribution in [0.5, 0.6) is 0 Å². The number of hydrogen-bond donors (Lipinski definition) is 1. The number of nitro benzene ring substituents is 1. The number of nitrogens with zero attached hydrogens (tertiary/aromatic N) is 1. The fraction of sp³-hybridized carbons (Fsp3) is 0.429. The van der Waals surface area contributed by atoms with Crippen LogP contribution in [0.15, 0.2) is 18.2 Å². The maximum atomic E-state index is 11.9. The third-order valence-electron chi connectivity index (χ3n) is 3.22. The number of carbonyl (C=O) groups is 2. The number of nitro groups is 1. The van der Waals surface area contributed by atoms with E-state index in [0.717, 1.165) is 12.8 Å². The second-order valence-corrected chi connectivity index (χ2v) is 5.07. The molecule has 0 saturated heterocycles. The van der Waals surface area contributed by atoms with Crippen molar-refractivity contribution in [1.29, 1.82) is 0 Å². The highest BCUT2D eigenvalue weighted by molar-refractivity contribution is 5.93. The minimum absolute atomic E-state index is 0.0520. The molecule has 1 atom stereocenters. The number of hydrogen-bond acceptors (Lipinski definition) is 6. The first-order chi connectivity index (χ1) is 9.88. The smallest absolute Gasteiger partial charge is 0.339 e. The molecule has 1 saturated carbocycles. The van der Waals surface area contributed by atoms with Gasteiger partial charge in [-0.1, -0.05) is 0 Å². The number of nitrogens with one attached hydrogen (secondary N) is 1. The summed E-state index contributed by atoms with van der Waals surface area (Å²) in [6.45, 7) is 2.76. The molecule has 112 valence electrons. The second-order valence-electron chi connectivity index (χ2n) is 5.07. The summed E-state index contributed by atoms with van der Waals surface area (Å²) in [5.74, 6) is -1.04. The predicted octanol–water partition coefficient (Wildman–Crippen LogP) is 2.30. The van der Waals surface area contributed by atoms with Gasteiger partial charge in [0.15, 0.2) is 11.9 Å². The van der Waals surface area contributed by atoms with Crippen molar-refractivity contribution in [1.82, 2.24) is 0 Å². The van der Waals surface area contributed by atoms with E-state index in [9.17, 15) is 19.7 Å². The molecule has 1 aromatic rings. The van der Waals surface area contributed by atoms with Gasteiger partial charge in [-0.3, -0.25) is 14.9 Å². The number of anilines is 1. The fourth-order valence-corrected chi connectivity index (χ4v) is 1.69. The molecular weight excluding hydrogens is 276 g/mol. The van der Waals surface area contributed by atoms with Crippen LogP contribution in [0.25, 0.3) is 0 Å². The Morgan fingerprint density at radius 3 is 2.62 bits per heavy atom. The van der Waals surface area contributed by atoms with Crippen LogP contribution >= 0.6 is 0 Å². The van der Waals surface area contributed by atoms with Crippen molar-refractivity contribution in [2.24, 2.45) is 0 Å². The van der Waals surface area contributed by atoms with Crippen molar-refractivity contribution in [2.45, 2.75) is 38.8 Å². The molecule has 0 radical (unpaired) electrons. The maximum Gasteiger partial charge on any atom is 0.339 e. The van der Waals surface area contributed by atoms with Crippen molar-refractivity contribution in [3.8, 4) is 0 Å². The first-order valence-electron chi connectivity index (χ1n) is 6.65. The highest BCUT2D eigenvalue weighted by Crippen LogP contribution is 2.31. The number of ketones is 1. The van der Waals surface area contributed by atoms with Crippen molar-refractivity contribution >= 4 is 23.1 Å². The Morgan fingerprint density at radius 1 is 1.43 bits per heavy atom. The average molecular weight is 292 g/mol. The monoisotopic (exact) mass is 292 g/mol. The predicted molar refractivity (Wildman–Crippen MR) is 75.3 cm³/mol. The van der Waals surface area contributed by atoms with Crippen molar-refractivity contribution < 1.29 is 19.2 Å². The summed E-state index contributed by atoms with van der Waals surface area (Å²) in [6, 6.07) is 4.37. The summed E-state index contributed by atoms with van der Waals surface area (Å²) in [5, 5.41) is 14.1. The molecule has 2 rings (SSSR count). The van der Waals surface area contributed by atoms with Gasteiger partial charge in [0.25, 0.3) is 5.69 Å². The Hall–Kier alpha value is -2.44. The van der Waals surface area contributed by atoms with Crippen molar-refractivity contribution in [3.05, 3.63) is 33.9 Å². The number of ether oxygens (including phenoxy) is 1. The minimum atomic E-state index is -0.874. The van der Waals surface area contributed by atoms with E-state index in [2.05, 4.69) is 5.32 Å². The summed E-state index contributed by atoms with van der Waals surface area (Å²) in [4.78, 5) is 33.5. The SMILES string of the molecule is CC(=O)[C@@H](C)OC(=O)c1ccc(NC2CC2)c([N+](=O)[O-])c1. The zero-order chi connectivity index (χ0) is 15.6. The van der Waals surface area contributed by atoms with Crippen LogP contribution in [0.3, 0.4) is 0 Å². The Labute approximate surface area is 121 Å². The van der Waals surface area contributed by atoms with Gasteiger partial charge in [0.2, 0.25) is 0 Å². The van der Waals surface area contributed by atoms with Crippen LogP contribution in [0.1, 0.15) is 37.0 Å². The van der Waals surface area contributed by atoms with E-state index in [1.54, 1.807) is 0 Å². The number of rotatable bonds is 6. The Bertz CT molecular complexity index is 595. The molecule has 0 amide bonds. The molecule has 1 aromatic carbocycles. The van der Waals surface area contributed by atoms with Gasteiger partial charge in [-0.25, -0.2) is 4.79 Å². The topological polar surface area (TPSA) is 98.5 Å². The Kier molecular flexibility index (Phi) is 4.21. The molecule has 0 heterocycles. The van der Waals surface area contributed by atoms with Gasteiger partial charge < -0.3 is 10.1 Å². The molecule has 21 heavy (non-hydrogen) atoms. The van der Waals surface area contributed by atoms with E-state index in [0.29, 0.717) is 5.69 Å². The summed E-state index contributed by atoms with van der Waals surface area (Å²) < 4.78 is 4.93. The van der Waals surface area contributed by atoms with Crippen LogP contribution in [0.2, 0.25) is 0 Å². The summed E-state index contributed by atoms with van der Waals surface area (Å²) >= 11 is 0. The molecule has 0 bridgehead atoms. The molecule has 0 unspecified atom stereocenters. The highest BCUT2D eigenvalue weighted by Gasteiger charge is 2.26. The zero-order valence-electron chi connectivity index (χ0n) is 11.8. The lowest BCUT2D eigenvalue weighted by Gasteiger charge is -2.11. The number of carbonyl (C=O) groups excluding carboxylic acids is 2. The largest absolute Gasteiger partial charge is 0.451 e. The molecule has 1 N–H and O–H groups in total. The number of benzene rings is 1. The summed E-state index contributed by atoms with van der Waals surface area (Å²) in [6.07, 6.45) is 1.09. The van der Waals surface area contributed by atoms with E-state index >= 15 is 0 Å². The van der Waals surface area contributed by atoms with Gasteiger partial charge in [-0.15, -0.1) is 0 Å². The summed E-state index contributed by atoms with van der Waals surface area (Å²) in [7, 11) is 0. The third kappa shape index (κ3) is 3.77. The molecule has 7 nitrogen and oxygen atoms in total. The Balaban J connectivity index is 2.20. The lowest BCUT2D eigenvalue weighted by molar-refractivity contribution is -0.384. The molecule has 1 aliphatic carbocycles. The van der Waals surface area contributed by atoms with E-state index in [1.165, 1.54) is 32.0 Å². The molecular formula is C14H16N2O5.